The summed E-state index contributed by atoms with van der Waals surface area (Å²) in [5, 5.41) is 5.52. The van der Waals surface area contributed by atoms with Crippen molar-refractivity contribution in [2.45, 2.75) is 36.8 Å². The third-order valence-corrected chi connectivity index (χ3v) is 8.07. The molecule has 0 aliphatic carbocycles. The topological polar surface area (TPSA) is 106 Å². The van der Waals surface area contributed by atoms with Crippen LogP contribution >= 0.6 is 0 Å². The Balaban J connectivity index is 1.66. The van der Waals surface area contributed by atoms with Gasteiger partial charge in [0.15, 0.2) is 9.84 Å². The Hall–Kier alpha value is -3.90. The minimum atomic E-state index is -4.56. The van der Waals surface area contributed by atoms with Gasteiger partial charge in [-0.05, 0) is 31.2 Å². The molecule has 1 amide bonds. The van der Waals surface area contributed by atoms with Crippen LogP contribution in [0, 0.1) is 23.6 Å². The lowest BCUT2D eigenvalue weighted by Crippen LogP contribution is -2.56. The number of amides is 1. The third-order valence-electron chi connectivity index (χ3n) is 6.96. The van der Waals surface area contributed by atoms with E-state index in [2.05, 4.69) is 27.5 Å². The first-order valence-corrected chi connectivity index (χ1v) is 15.0. The molecule has 4 rings (SSSR count). The number of nitrogens with zero attached hydrogens (tertiary/aromatic N) is 3. The second-order valence-corrected chi connectivity index (χ2v) is 12.5. The Morgan fingerprint density at radius 1 is 1.21 bits per heavy atom. The number of nitrogens with one attached hydrogen (secondary N) is 2. The molecule has 3 atom stereocenters. The maximum absolute atomic E-state index is 14.8. The minimum Gasteiger partial charge on any atom is -0.494 e. The first-order chi connectivity index (χ1) is 20.1. The number of carbonyl (C=O) groups is 1. The van der Waals surface area contributed by atoms with E-state index in [1.54, 1.807) is 14.0 Å². The Labute approximate surface area is 245 Å². The number of sulfone groups is 1. The first kappa shape index (κ1) is 32.0. The molecule has 3 aromatic rings. The molecule has 0 bridgehead atoms. The van der Waals surface area contributed by atoms with Gasteiger partial charge >= 0.3 is 6.18 Å². The molecule has 2 aromatic carbocycles. The molecule has 15 heteroatoms. The van der Waals surface area contributed by atoms with E-state index in [9.17, 15) is 35.2 Å². The van der Waals surface area contributed by atoms with Crippen LogP contribution in [0.15, 0.2) is 35.5 Å². The van der Waals surface area contributed by atoms with Crippen molar-refractivity contribution in [3.05, 3.63) is 47.5 Å². The first-order valence-electron chi connectivity index (χ1n) is 13.1. The van der Waals surface area contributed by atoms with E-state index in [4.69, 9.17) is 4.74 Å². The van der Waals surface area contributed by atoms with Gasteiger partial charge in [-0.2, -0.15) is 13.2 Å². The Morgan fingerprint density at radius 3 is 2.56 bits per heavy atom. The Bertz CT molecular complexity index is 1690. The lowest BCUT2D eigenvalue weighted by molar-refractivity contribution is -0.139. The number of hydrogen-bond acceptors (Lipinski definition) is 7. The lowest BCUT2D eigenvalue weighted by Gasteiger charge is -2.37. The van der Waals surface area contributed by atoms with Crippen LogP contribution in [0.1, 0.15) is 22.8 Å². The molecule has 1 aliphatic heterocycles. The summed E-state index contributed by atoms with van der Waals surface area (Å²) < 4.78 is 98.6. The van der Waals surface area contributed by atoms with Crippen molar-refractivity contribution >= 4 is 32.5 Å². The quantitative estimate of drug-likeness (QED) is 0.305. The van der Waals surface area contributed by atoms with E-state index >= 15 is 0 Å². The number of carbonyl (C=O) groups excluding carboxylic acids is 1. The number of fused-ring (bicyclic) bond motifs is 1. The highest BCUT2D eigenvalue weighted by atomic mass is 32.2. The van der Waals surface area contributed by atoms with Crippen molar-refractivity contribution in [2.75, 3.05) is 45.4 Å². The average Bonchev–Trinajstić information content (AvgIpc) is 3.28. The van der Waals surface area contributed by atoms with Gasteiger partial charge in [-0.25, -0.2) is 22.2 Å². The van der Waals surface area contributed by atoms with Crippen molar-refractivity contribution < 1.29 is 39.9 Å². The number of hydrogen-bond donors (Lipinski definition) is 2. The molecule has 1 aromatic heterocycles. The molecule has 0 unspecified atom stereocenters. The van der Waals surface area contributed by atoms with Crippen LogP contribution in [-0.4, -0.2) is 87.2 Å². The maximum atomic E-state index is 14.8. The van der Waals surface area contributed by atoms with Gasteiger partial charge in [0.2, 0.25) is 0 Å². The van der Waals surface area contributed by atoms with Crippen LogP contribution in [0.4, 0.5) is 27.6 Å². The molecule has 2 heterocycles. The number of piperidine rings is 1. The summed E-state index contributed by atoms with van der Waals surface area (Å²) in [6.45, 7) is 1.00. The fraction of sp³-hybridized carbons (Fsp3) is 0.429. The molecule has 232 valence electrons. The maximum Gasteiger partial charge on any atom is 0.406 e. The highest BCUT2D eigenvalue weighted by Crippen LogP contribution is 2.30. The molecular weight excluding hydrogens is 597 g/mol. The monoisotopic (exact) mass is 627 g/mol. The SMILES string of the molecule is COc1cc(F)c(S(C)(=O)=O)cc1NCC#Cc1cc(C(=O)N[C@@H]2[C@@H](C)CN(C)C[C@@H]2F)c2ncn(CC(F)(F)F)c2c1. The Kier molecular flexibility index (Phi) is 9.22. The number of aromatic nitrogens is 2. The van der Waals surface area contributed by atoms with E-state index in [0.717, 1.165) is 29.3 Å². The van der Waals surface area contributed by atoms with Crippen molar-refractivity contribution in [1.29, 1.82) is 0 Å². The van der Waals surface area contributed by atoms with E-state index in [1.807, 2.05) is 4.90 Å². The highest BCUT2D eigenvalue weighted by Gasteiger charge is 2.35. The molecule has 9 nitrogen and oxygen atoms in total. The largest absolute Gasteiger partial charge is 0.494 e. The van der Waals surface area contributed by atoms with Gasteiger partial charge in [-0.15, -0.1) is 0 Å². The summed E-state index contributed by atoms with van der Waals surface area (Å²) in [6.07, 6.45) is -4.08. The summed E-state index contributed by atoms with van der Waals surface area (Å²) in [5.41, 5.74) is 0.274. The summed E-state index contributed by atoms with van der Waals surface area (Å²) in [4.78, 5) is 18.7. The summed E-state index contributed by atoms with van der Waals surface area (Å²) in [7, 11) is -0.837. The van der Waals surface area contributed by atoms with E-state index in [1.165, 1.54) is 19.2 Å². The van der Waals surface area contributed by atoms with Gasteiger partial charge in [0.05, 0.1) is 42.8 Å². The molecule has 43 heavy (non-hydrogen) atoms. The molecule has 0 spiro atoms. The zero-order valence-corrected chi connectivity index (χ0v) is 24.5. The van der Waals surface area contributed by atoms with Crippen molar-refractivity contribution in [1.82, 2.24) is 19.8 Å². The molecular formula is C28H30F5N5O4S. The molecule has 2 N–H and O–H groups in total. The van der Waals surface area contributed by atoms with Crippen molar-refractivity contribution in [2.24, 2.45) is 5.92 Å². The zero-order valence-electron chi connectivity index (χ0n) is 23.7. The van der Waals surface area contributed by atoms with Crippen LogP contribution in [0.25, 0.3) is 11.0 Å². The lowest BCUT2D eigenvalue weighted by atomic mass is 9.92. The number of likely N-dealkylation sites (tertiary alicyclic amines) is 1. The smallest absolute Gasteiger partial charge is 0.406 e. The average molecular weight is 628 g/mol. The van der Waals surface area contributed by atoms with E-state index in [0.29, 0.717) is 6.54 Å². The number of alkyl halides is 4. The van der Waals surface area contributed by atoms with Crippen LogP contribution in [0.3, 0.4) is 0 Å². The van der Waals surface area contributed by atoms with Gasteiger partial charge in [-0.1, -0.05) is 18.8 Å². The van der Waals surface area contributed by atoms with Gasteiger partial charge in [0.25, 0.3) is 5.91 Å². The molecule has 0 radical (unpaired) electrons. The van der Waals surface area contributed by atoms with Gasteiger partial charge in [0.1, 0.15) is 34.7 Å². The number of imidazole rings is 1. The predicted molar refractivity (Wildman–Crippen MR) is 150 cm³/mol. The van der Waals surface area contributed by atoms with Crippen LogP contribution in [-0.2, 0) is 16.4 Å². The number of methoxy groups -OCH3 is 1. The number of rotatable bonds is 7. The third kappa shape index (κ3) is 7.55. The van der Waals surface area contributed by atoms with Crippen molar-refractivity contribution in [3.63, 3.8) is 0 Å². The molecule has 0 saturated carbocycles. The summed E-state index contributed by atoms with van der Waals surface area (Å²) in [5.74, 6) is 3.65. The number of anilines is 1. The zero-order chi connectivity index (χ0) is 31.7. The standard InChI is InChI=1S/C28H30F5N5O4S/c1-16-12-37(2)13-20(30)25(16)36-27(39)18-8-17(9-22-26(18)35-15-38(22)14-28(31,32)33)6-5-7-34-21-11-24(43(4,40)41)19(29)10-23(21)42-3/h8-11,15-16,20,25,34H,7,12-14H2,1-4H3,(H,36,39)/t16-,20-,25+/m0/s1. The predicted octanol–water partition coefficient (Wildman–Crippen LogP) is 3.63. The minimum absolute atomic E-state index is 0.00534. The van der Waals surface area contributed by atoms with E-state index in [-0.39, 0.29) is 52.6 Å². The second kappa shape index (κ2) is 12.4. The normalized spacial score (nSPS) is 19.5. The molecule has 1 fully saturated rings. The van der Waals surface area contributed by atoms with Crippen LogP contribution in [0.2, 0.25) is 0 Å². The summed E-state index contributed by atoms with van der Waals surface area (Å²) >= 11 is 0. The van der Waals surface area contributed by atoms with Gasteiger partial charge < -0.3 is 24.8 Å². The summed E-state index contributed by atoms with van der Waals surface area (Å²) in [6, 6.07) is 3.89. The van der Waals surface area contributed by atoms with Crippen LogP contribution in [0.5, 0.6) is 5.75 Å². The number of halogens is 5. The number of ether oxygens (including phenoxy) is 1. The van der Waals surface area contributed by atoms with Crippen molar-refractivity contribution in [3.8, 4) is 17.6 Å². The fourth-order valence-electron chi connectivity index (χ4n) is 5.05. The molecule has 1 aliphatic rings. The molecule has 1 saturated heterocycles. The van der Waals surface area contributed by atoms with Crippen LogP contribution < -0.4 is 15.4 Å². The number of benzene rings is 2. The highest BCUT2D eigenvalue weighted by molar-refractivity contribution is 7.90. The van der Waals surface area contributed by atoms with Gasteiger partial charge in [-0.3, -0.25) is 4.79 Å². The van der Waals surface area contributed by atoms with E-state index < -0.39 is 51.4 Å². The fourth-order valence-corrected chi connectivity index (χ4v) is 5.79. The second-order valence-electron chi connectivity index (χ2n) is 10.5. The van der Waals surface area contributed by atoms with Gasteiger partial charge in [0, 0.05) is 31.0 Å². The Morgan fingerprint density at radius 2 is 1.93 bits per heavy atom.